The lowest BCUT2D eigenvalue weighted by atomic mass is 9.88. The van der Waals surface area contributed by atoms with Gasteiger partial charge in [-0.15, -0.1) is 0 Å². The summed E-state index contributed by atoms with van der Waals surface area (Å²) in [5.41, 5.74) is 0.644. The van der Waals surface area contributed by atoms with Gasteiger partial charge in [-0.25, -0.2) is 0 Å². The molecule has 1 aliphatic rings. The first-order valence-corrected chi connectivity index (χ1v) is 10.1. The first-order chi connectivity index (χ1) is 13.3. The molecule has 0 aliphatic carbocycles. The maximum Gasteiger partial charge on any atom is 0.287 e. The second-order valence-electron chi connectivity index (χ2n) is 8.72. The standard InChI is InChI=1S/C23H32N2O3/c1-17-12-18(2)14-25(13-17)23(3,4)16-24-22(26)21-19(10-11-27-21)15-28-20-8-6-5-7-9-20/h5-11,17-18H,12-16H2,1-4H3,(H,24,26). The molecule has 2 aromatic rings. The van der Waals surface area contributed by atoms with Gasteiger partial charge in [-0.2, -0.15) is 0 Å². The summed E-state index contributed by atoms with van der Waals surface area (Å²) in [5, 5.41) is 3.06. The Morgan fingerprint density at radius 2 is 1.86 bits per heavy atom. The summed E-state index contributed by atoms with van der Waals surface area (Å²) < 4.78 is 11.2. The van der Waals surface area contributed by atoms with Crippen LogP contribution in [0.3, 0.4) is 0 Å². The minimum absolute atomic E-state index is 0.105. The van der Waals surface area contributed by atoms with Crippen molar-refractivity contribution in [1.82, 2.24) is 10.2 Å². The zero-order chi connectivity index (χ0) is 20.1. The van der Waals surface area contributed by atoms with Crippen molar-refractivity contribution in [2.45, 2.75) is 46.3 Å². The number of piperidine rings is 1. The molecule has 1 aromatic heterocycles. The quantitative estimate of drug-likeness (QED) is 0.771. The van der Waals surface area contributed by atoms with Gasteiger partial charge in [0.2, 0.25) is 0 Å². The fourth-order valence-corrected chi connectivity index (χ4v) is 3.97. The summed E-state index contributed by atoms with van der Waals surface area (Å²) >= 11 is 0. The van der Waals surface area contributed by atoms with Gasteiger partial charge in [0.05, 0.1) is 6.26 Å². The molecular weight excluding hydrogens is 352 g/mol. The van der Waals surface area contributed by atoms with Crippen molar-refractivity contribution in [2.75, 3.05) is 19.6 Å². The maximum absolute atomic E-state index is 12.7. The summed E-state index contributed by atoms with van der Waals surface area (Å²) in [6, 6.07) is 11.4. The fraction of sp³-hybridized carbons (Fsp3) is 0.522. The first-order valence-electron chi connectivity index (χ1n) is 10.1. The Morgan fingerprint density at radius 3 is 2.54 bits per heavy atom. The van der Waals surface area contributed by atoms with E-state index in [-0.39, 0.29) is 11.4 Å². The molecule has 3 rings (SSSR count). The predicted molar refractivity (Wildman–Crippen MR) is 110 cm³/mol. The van der Waals surface area contributed by atoms with Gasteiger partial charge in [-0.1, -0.05) is 32.0 Å². The third kappa shape index (κ3) is 5.16. The normalized spacial score (nSPS) is 20.7. The zero-order valence-corrected chi connectivity index (χ0v) is 17.4. The number of para-hydroxylation sites is 1. The SMILES string of the molecule is CC1CC(C)CN(C(C)(C)CNC(=O)c2occc2COc2ccccc2)C1. The smallest absolute Gasteiger partial charge is 0.287 e. The molecule has 1 amide bonds. The fourth-order valence-electron chi connectivity index (χ4n) is 3.97. The minimum Gasteiger partial charge on any atom is -0.489 e. The average molecular weight is 385 g/mol. The summed E-state index contributed by atoms with van der Waals surface area (Å²) in [4.78, 5) is 15.2. The van der Waals surface area contributed by atoms with Crippen molar-refractivity contribution in [1.29, 1.82) is 0 Å². The number of ether oxygens (including phenoxy) is 1. The van der Waals surface area contributed by atoms with Crippen LogP contribution in [-0.2, 0) is 6.61 Å². The summed E-state index contributed by atoms with van der Waals surface area (Å²) in [7, 11) is 0. The Balaban J connectivity index is 1.57. The molecule has 0 bridgehead atoms. The first kappa shape index (κ1) is 20.5. The van der Waals surface area contributed by atoms with E-state index in [2.05, 4.69) is 37.9 Å². The second-order valence-corrected chi connectivity index (χ2v) is 8.72. The van der Waals surface area contributed by atoms with E-state index in [1.54, 1.807) is 6.07 Å². The van der Waals surface area contributed by atoms with E-state index in [1.807, 2.05) is 30.3 Å². The van der Waals surface area contributed by atoms with Crippen molar-refractivity contribution in [3.63, 3.8) is 0 Å². The number of amides is 1. The number of benzene rings is 1. The highest BCUT2D eigenvalue weighted by molar-refractivity contribution is 5.92. The minimum atomic E-state index is -0.192. The lowest BCUT2D eigenvalue weighted by Gasteiger charge is -2.45. The highest BCUT2D eigenvalue weighted by atomic mass is 16.5. The van der Waals surface area contributed by atoms with Gasteiger partial charge in [0.1, 0.15) is 12.4 Å². The van der Waals surface area contributed by atoms with E-state index in [4.69, 9.17) is 9.15 Å². The monoisotopic (exact) mass is 384 g/mol. The molecular formula is C23H32N2O3. The number of nitrogens with zero attached hydrogens (tertiary/aromatic N) is 1. The molecule has 1 fully saturated rings. The van der Waals surface area contributed by atoms with Crippen LogP contribution in [0.15, 0.2) is 47.1 Å². The molecule has 0 radical (unpaired) electrons. The van der Waals surface area contributed by atoms with Crippen molar-refractivity contribution in [2.24, 2.45) is 11.8 Å². The number of hydrogen-bond acceptors (Lipinski definition) is 4. The van der Waals surface area contributed by atoms with Crippen molar-refractivity contribution in [3.8, 4) is 5.75 Å². The molecule has 1 aromatic carbocycles. The van der Waals surface area contributed by atoms with E-state index in [1.165, 1.54) is 12.7 Å². The zero-order valence-electron chi connectivity index (χ0n) is 17.4. The molecule has 0 spiro atoms. The number of hydrogen-bond donors (Lipinski definition) is 1. The summed E-state index contributed by atoms with van der Waals surface area (Å²) in [5.74, 6) is 2.27. The topological polar surface area (TPSA) is 54.7 Å². The van der Waals surface area contributed by atoms with Crippen LogP contribution >= 0.6 is 0 Å². The number of rotatable bonds is 7. The highest BCUT2D eigenvalue weighted by Crippen LogP contribution is 2.27. The van der Waals surface area contributed by atoms with Gasteiger partial charge in [-0.05, 0) is 50.3 Å². The Labute approximate surface area is 168 Å². The van der Waals surface area contributed by atoms with Crippen LogP contribution < -0.4 is 10.1 Å². The third-order valence-electron chi connectivity index (χ3n) is 5.50. The largest absolute Gasteiger partial charge is 0.489 e. The lowest BCUT2D eigenvalue weighted by molar-refractivity contribution is 0.0441. The van der Waals surface area contributed by atoms with Crippen LogP contribution in [0, 0.1) is 11.8 Å². The molecule has 1 N–H and O–H groups in total. The Bertz CT molecular complexity index is 759. The van der Waals surface area contributed by atoms with Crippen molar-refractivity contribution < 1.29 is 13.9 Å². The number of carbonyl (C=O) groups excluding carboxylic acids is 1. The molecule has 2 heterocycles. The molecule has 152 valence electrons. The molecule has 0 saturated carbocycles. The maximum atomic E-state index is 12.7. The van der Waals surface area contributed by atoms with E-state index < -0.39 is 0 Å². The number of furan rings is 1. The summed E-state index contributed by atoms with van der Waals surface area (Å²) in [6.45, 7) is 12.0. The van der Waals surface area contributed by atoms with Crippen LogP contribution in [0.5, 0.6) is 5.75 Å². The molecule has 1 saturated heterocycles. The van der Waals surface area contributed by atoms with Crippen molar-refractivity contribution >= 4 is 5.91 Å². The van der Waals surface area contributed by atoms with E-state index in [0.717, 1.165) is 24.4 Å². The number of carbonyl (C=O) groups is 1. The second kappa shape index (κ2) is 8.82. The molecule has 5 heteroatoms. The number of nitrogens with one attached hydrogen (secondary N) is 1. The van der Waals surface area contributed by atoms with Crippen LogP contribution in [0.25, 0.3) is 0 Å². The van der Waals surface area contributed by atoms with Gasteiger partial charge in [0.15, 0.2) is 5.76 Å². The van der Waals surface area contributed by atoms with Crippen LogP contribution in [-0.4, -0.2) is 36.0 Å². The number of likely N-dealkylation sites (tertiary alicyclic amines) is 1. The van der Waals surface area contributed by atoms with Crippen LogP contribution in [0.4, 0.5) is 0 Å². The molecule has 1 aliphatic heterocycles. The van der Waals surface area contributed by atoms with Gasteiger partial charge in [0.25, 0.3) is 5.91 Å². The lowest BCUT2D eigenvalue weighted by Crippen LogP contribution is -2.56. The third-order valence-corrected chi connectivity index (χ3v) is 5.50. The Hall–Kier alpha value is -2.27. The van der Waals surface area contributed by atoms with Crippen LogP contribution in [0.1, 0.15) is 50.2 Å². The highest BCUT2D eigenvalue weighted by Gasteiger charge is 2.33. The molecule has 5 nitrogen and oxygen atoms in total. The van der Waals surface area contributed by atoms with Gasteiger partial charge in [-0.3, -0.25) is 9.69 Å². The van der Waals surface area contributed by atoms with Crippen LogP contribution in [0.2, 0.25) is 0 Å². The van der Waals surface area contributed by atoms with Gasteiger partial charge >= 0.3 is 0 Å². The van der Waals surface area contributed by atoms with E-state index in [0.29, 0.717) is 30.7 Å². The average Bonchev–Trinajstić information content (AvgIpc) is 3.13. The molecule has 2 atom stereocenters. The molecule has 2 unspecified atom stereocenters. The van der Waals surface area contributed by atoms with Crippen molar-refractivity contribution in [3.05, 3.63) is 54.0 Å². The van der Waals surface area contributed by atoms with Gasteiger partial charge < -0.3 is 14.5 Å². The summed E-state index contributed by atoms with van der Waals surface area (Å²) in [6.07, 6.45) is 2.81. The Kier molecular flexibility index (Phi) is 6.45. The molecule has 28 heavy (non-hydrogen) atoms. The Morgan fingerprint density at radius 1 is 1.18 bits per heavy atom. The predicted octanol–water partition coefficient (Wildman–Crippen LogP) is 4.34. The van der Waals surface area contributed by atoms with E-state index >= 15 is 0 Å². The van der Waals surface area contributed by atoms with E-state index in [9.17, 15) is 4.79 Å². The van der Waals surface area contributed by atoms with Gasteiger partial charge in [0, 0.05) is 30.7 Å².